The van der Waals surface area contributed by atoms with Crippen LogP contribution in [0.15, 0.2) is 12.4 Å². The maximum Gasteiger partial charge on any atom is 0.0807 e. The monoisotopic (exact) mass is 223 g/mol. The first kappa shape index (κ1) is 11.7. The second-order valence-electron chi connectivity index (χ2n) is 4.44. The third kappa shape index (κ3) is 2.66. The topological polar surface area (TPSA) is 34.4 Å². The Morgan fingerprint density at radius 2 is 2.31 bits per heavy atom. The molecule has 0 bridgehead atoms. The standard InChI is InChI=1S/C13H21NO2/c1-2-16-8-7-14-9-11-5-3-4-6-13(15)12(11)10-14/h9-10,13,15H,2-8H2,1H3. The van der Waals surface area contributed by atoms with Crippen LogP contribution in [0.25, 0.3) is 0 Å². The van der Waals surface area contributed by atoms with E-state index in [1.54, 1.807) is 0 Å². The number of hydrogen-bond donors (Lipinski definition) is 1. The van der Waals surface area contributed by atoms with Crippen LogP contribution in [0.5, 0.6) is 0 Å². The molecule has 1 aromatic rings. The van der Waals surface area contributed by atoms with Crippen LogP contribution < -0.4 is 0 Å². The summed E-state index contributed by atoms with van der Waals surface area (Å²) in [6, 6.07) is 0. The Hall–Kier alpha value is -0.800. The molecule has 16 heavy (non-hydrogen) atoms. The molecule has 1 aromatic heterocycles. The van der Waals surface area contributed by atoms with Crippen molar-refractivity contribution in [1.29, 1.82) is 0 Å². The molecule has 0 aromatic carbocycles. The van der Waals surface area contributed by atoms with Crippen molar-refractivity contribution in [2.75, 3.05) is 13.2 Å². The van der Waals surface area contributed by atoms with Crippen LogP contribution in [0, 0.1) is 0 Å². The SMILES string of the molecule is CCOCCn1cc2c(c1)C(O)CCCC2. The van der Waals surface area contributed by atoms with Crippen molar-refractivity contribution in [2.45, 2.75) is 45.3 Å². The van der Waals surface area contributed by atoms with Gasteiger partial charge in [-0.3, -0.25) is 0 Å². The minimum absolute atomic E-state index is 0.258. The summed E-state index contributed by atoms with van der Waals surface area (Å²) in [7, 11) is 0. The predicted octanol–water partition coefficient (Wildman–Crippen LogP) is 2.28. The van der Waals surface area contributed by atoms with E-state index >= 15 is 0 Å². The first-order chi connectivity index (χ1) is 7.81. The van der Waals surface area contributed by atoms with E-state index in [1.165, 1.54) is 12.0 Å². The lowest BCUT2D eigenvalue weighted by molar-refractivity contribution is 0.138. The Labute approximate surface area is 97.0 Å². The highest BCUT2D eigenvalue weighted by atomic mass is 16.5. The quantitative estimate of drug-likeness (QED) is 0.627. The zero-order valence-corrected chi connectivity index (χ0v) is 9.98. The molecule has 0 saturated heterocycles. The van der Waals surface area contributed by atoms with E-state index in [-0.39, 0.29) is 6.10 Å². The molecule has 1 N–H and O–H groups in total. The zero-order valence-electron chi connectivity index (χ0n) is 9.98. The summed E-state index contributed by atoms with van der Waals surface area (Å²) in [6.07, 6.45) is 8.34. The molecule has 90 valence electrons. The Morgan fingerprint density at radius 1 is 1.44 bits per heavy atom. The highest BCUT2D eigenvalue weighted by Gasteiger charge is 2.18. The summed E-state index contributed by atoms with van der Waals surface area (Å²) < 4.78 is 7.49. The number of hydrogen-bond acceptors (Lipinski definition) is 2. The fraction of sp³-hybridized carbons (Fsp3) is 0.692. The van der Waals surface area contributed by atoms with Crippen LogP contribution in [0.2, 0.25) is 0 Å². The summed E-state index contributed by atoms with van der Waals surface area (Å²) in [5, 5.41) is 9.98. The number of fused-ring (bicyclic) bond motifs is 1. The molecular weight excluding hydrogens is 202 g/mol. The normalized spacial score (nSPS) is 20.5. The van der Waals surface area contributed by atoms with Gasteiger partial charge in [0.1, 0.15) is 0 Å². The third-order valence-electron chi connectivity index (χ3n) is 3.23. The van der Waals surface area contributed by atoms with Crippen molar-refractivity contribution in [2.24, 2.45) is 0 Å². The largest absolute Gasteiger partial charge is 0.388 e. The van der Waals surface area contributed by atoms with Crippen LogP contribution >= 0.6 is 0 Å². The third-order valence-corrected chi connectivity index (χ3v) is 3.23. The van der Waals surface area contributed by atoms with Gasteiger partial charge in [-0.25, -0.2) is 0 Å². The van der Waals surface area contributed by atoms with Crippen molar-refractivity contribution >= 4 is 0 Å². The van der Waals surface area contributed by atoms with Crippen molar-refractivity contribution in [3.05, 3.63) is 23.5 Å². The average Bonchev–Trinajstić information content (AvgIpc) is 2.61. The zero-order chi connectivity index (χ0) is 11.4. The van der Waals surface area contributed by atoms with Gasteiger partial charge in [-0.15, -0.1) is 0 Å². The fourth-order valence-electron chi connectivity index (χ4n) is 2.33. The number of aryl methyl sites for hydroxylation is 1. The molecule has 0 spiro atoms. The molecule has 0 fully saturated rings. The Kier molecular flexibility index (Phi) is 4.02. The lowest BCUT2D eigenvalue weighted by Crippen LogP contribution is -2.04. The molecule has 1 aliphatic rings. The maximum absolute atomic E-state index is 9.98. The van der Waals surface area contributed by atoms with Gasteiger partial charge in [-0.05, 0) is 31.7 Å². The molecule has 2 rings (SSSR count). The van der Waals surface area contributed by atoms with Crippen LogP contribution in [-0.4, -0.2) is 22.9 Å². The first-order valence-electron chi connectivity index (χ1n) is 6.25. The number of aliphatic hydroxyl groups is 1. The fourth-order valence-corrected chi connectivity index (χ4v) is 2.33. The molecular formula is C13H21NO2. The first-order valence-corrected chi connectivity index (χ1v) is 6.25. The Morgan fingerprint density at radius 3 is 3.12 bits per heavy atom. The number of aromatic nitrogens is 1. The van der Waals surface area contributed by atoms with Crippen molar-refractivity contribution in [1.82, 2.24) is 4.57 Å². The molecule has 3 nitrogen and oxygen atoms in total. The number of aliphatic hydroxyl groups excluding tert-OH is 1. The summed E-state index contributed by atoms with van der Waals surface area (Å²) in [6.45, 7) is 4.41. The van der Waals surface area contributed by atoms with E-state index in [0.29, 0.717) is 0 Å². The molecule has 1 atom stereocenters. The number of nitrogens with zero attached hydrogens (tertiary/aromatic N) is 1. The summed E-state index contributed by atoms with van der Waals surface area (Å²) in [5.41, 5.74) is 2.45. The van der Waals surface area contributed by atoms with Crippen LogP contribution in [-0.2, 0) is 17.7 Å². The van der Waals surface area contributed by atoms with E-state index in [0.717, 1.165) is 44.6 Å². The van der Waals surface area contributed by atoms with E-state index < -0.39 is 0 Å². The molecule has 0 radical (unpaired) electrons. The molecule has 1 aliphatic carbocycles. The Bertz CT molecular complexity index is 333. The van der Waals surface area contributed by atoms with Crippen molar-refractivity contribution < 1.29 is 9.84 Å². The van der Waals surface area contributed by atoms with E-state index in [4.69, 9.17) is 4.74 Å². The van der Waals surface area contributed by atoms with E-state index in [1.807, 2.05) is 6.92 Å². The molecule has 0 amide bonds. The molecule has 1 heterocycles. The van der Waals surface area contributed by atoms with Gasteiger partial charge in [0.05, 0.1) is 12.7 Å². The maximum atomic E-state index is 9.98. The van der Waals surface area contributed by atoms with Gasteiger partial charge in [0, 0.05) is 31.1 Å². The lowest BCUT2D eigenvalue weighted by Gasteiger charge is -2.06. The smallest absolute Gasteiger partial charge is 0.0807 e. The highest BCUT2D eigenvalue weighted by molar-refractivity contribution is 5.27. The highest BCUT2D eigenvalue weighted by Crippen LogP contribution is 2.29. The van der Waals surface area contributed by atoms with Crippen molar-refractivity contribution in [3.8, 4) is 0 Å². The van der Waals surface area contributed by atoms with Crippen LogP contribution in [0.3, 0.4) is 0 Å². The van der Waals surface area contributed by atoms with Gasteiger partial charge >= 0.3 is 0 Å². The van der Waals surface area contributed by atoms with Crippen molar-refractivity contribution in [3.63, 3.8) is 0 Å². The second kappa shape index (κ2) is 5.51. The molecule has 3 heteroatoms. The van der Waals surface area contributed by atoms with Gasteiger partial charge in [0.25, 0.3) is 0 Å². The molecule has 0 saturated carbocycles. The minimum atomic E-state index is -0.258. The Balaban J connectivity index is 2.04. The van der Waals surface area contributed by atoms with E-state index in [2.05, 4.69) is 17.0 Å². The van der Waals surface area contributed by atoms with Gasteiger partial charge in [-0.1, -0.05) is 6.42 Å². The van der Waals surface area contributed by atoms with Gasteiger partial charge in [-0.2, -0.15) is 0 Å². The summed E-state index contributed by atoms with van der Waals surface area (Å²) in [5.74, 6) is 0. The summed E-state index contributed by atoms with van der Waals surface area (Å²) in [4.78, 5) is 0. The number of ether oxygens (including phenoxy) is 1. The minimum Gasteiger partial charge on any atom is -0.388 e. The second-order valence-corrected chi connectivity index (χ2v) is 4.44. The summed E-state index contributed by atoms with van der Waals surface area (Å²) >= 11 is 0. The molecule has 1 unspecified atom stereocenters. The van der Waals surface area contributed by atoms with Crippen LogP contribution in [0.1, 0.15) is 43.4 Å². The lowest BCUT2D eigenvalue weighted by atomic mass is 10.1. The van der Waals surface area contributed by atoms with Gasteiger partial charge in [0.15, 0.2) is 0 Å². The van der Waals surface area contributed by atoms with Crippen LogP contribution in [0.4, 0.5) is 0 Å². The number of rotatable bonds is 4. The molecule has 0 aliphatic heterocycles. The van der Waals surface area contributed by atoms with E-state index in [9.17, 15) is 5.11 Å². The van der Waals surface area contributed by atoms with Gasteiger partial charge < -0.3 is 14.4 Å². The predicted molar refractivity (Wildman–Crippen MR) is 63.4 cm³/mol. The average molecular weight is 223 g/mol. The van der Waals surface area contributed by atoms with Gasteiger partial charge in [0.2, 0.25) is 0 Å².